The molecule has 0 fully saturated rings. The lowest BCUT2D eigenvalue weighted by Crippen LogP contribution is -1.91. The standard InChI is InChI=1S/C18H14F2O2/c19-15-7-3-5-13(11-15)17(9-1-2-10-18(21)22)14-6-4-8-16(20)12-14/h1-9,11-12H,10H2,(H,21,22)/b2-1-. The number of rotatable bonds is 5. The summed E-state index contributed by atoms with van der Waals surface area (Å²) in [4.78, 5) is 10.5. The Hall–Kier alpha value is -2.75. The zero-order valence-electron chi connectivity index (χ0n) is 11.7. The van der Waals surface area contributed by atoms with Gasteiger partial charge >= 0.3 is 5.97 Å². The molecule has 2 nitrogen and oxygen atoms in total. The number of carboxylic acids is 1. The number of carboxylic acid groups (broad SMARTS) is 1. The van der Waals surface area contributed by atoms with Crippen molar-refractivity contribution in [3.05, 3.63) is 89.5 Å². The average molecular weight is 300 g/mol. The van der Waals surface area contributed by atoms with E-state index < -0.39 is 17.6 Å². The third kappa shape index (κ3) is 4.38. The van der Waals surface area contributed by atoms with E-state index >= 15 is 0 Å². The molecule has 0 heterocycles. The van der Waals surface area contributed by atoms with Gasteiger partial charge in [0.15, 0.2) is 0 Å². The largest absolute Gasteiger partial charge is 0.481 e. The van der Waals surface area contributed by atoms with Crippen LogP contribution in [0.5, 0.6) is 0 Å². The highest BCUT2D eigenvalue weighted by molar-refractivity contribution is 5.81. The van der Waals surface area contributed by atoms with Gasteiger partial charge in [-0.1, -0.05) is 42.5 Å². The molecule has 22 heavy (non-hydrogen) atoms. The molecule has 0 aliphatic rings. The summed E-state index contributed by atoms with van der Waals surface area (Å²) in [6.07, 6.45) is 4.57. The van der Waals surface area contributed by atoms with Crippen LogP contribution >= 0.6 is 0 Å². The van der Waals surface area contributed by atoms with Gasteiger partial charge in [-0.15, -0.1) is 0 Å². The van der Waals surface area contributed by atoms with E-state index in [0.717, 1.165) is 0 Å². The van der Waals surface area contributed by atoms with Gasteiger partial charge in [-0.2, -0.15) is 0 Å². The van der Waals surface area contributed by atoms with Crippen LogP contribution in [0.1, 0.15) is 17.5 Å². The highest BCUT2D eigenvalue weighted by Crippen LogP contribution is 2.24. The van der Waals surface area contributed by atoms with Crippen LogP contribution in [0.2, 0.25) is 0 Å². The van der Waals surface area contributed by atoms with Crippen LogP contribution in [0.15, 0.2) is 66.8 Å². The molecule has 2 rings (SSSR count). The number of carbonyl (C=O) groups is 1. The molecule has 112 valence electrons. The maximum absolute atomic E-state index is 13.4. The molecular weight excluding hydrogens is 286 g/mol. The predicted molar refractivity (Wildman–Crippen MR) is 81.3 cm³/mol. The summed E-state index contributed by atoms with van der Waals surface area (Å²) in [5.41, 5.74) is 1.79. The minimum absolute atomic E-state index is 0.115. The fourth-order valence-electron chi connectivity index (χ4n) is 2.00. The lowest BCUT2D eigenvalue weighted by molar-refractivity contribution is -0.136. The SMILES string of the molecule is O=C(O)C/C=C\C=C(c1cccc(F)c1)c1cccc(F)c1. The van der Waals surface area contributed by atoms with E-state index in [2.05, 4.69) is 0 Å². The van der Waals surface area contributed by atoms with Gasteiger partial charge in [0.2, 0.25) is 0 Å². The van der Waals surface area contributed by atoms with E-state index in [1.807, 2.05) is 0 Å². The molecule has 0 atom stereocenters. The van der Waals surface area contributed by atoms with Gasteiger partial charge < -0.3 is 5.11 Å². The Morgan fingerprint density at radius 3 is 2.00 bits per heavy atom. The molecule has 0 unspecified atom stereocenters. The molecule has 2 aromatic rings. The number of hydrogen-bond donors (Lipinski definition) is 1. The van der Waals surface area contributed by atoms with Gasteiger partial charge in [0.05, 0.1) is 6.42 Å². The fraction of sp³-hybridized carbons (Fsp3) is 0.0556. The normalized spacial score (nSPS) is 10.6. The van der Waals surface area contributed by atoms with Gasteiger partial charge in [0, 0.05) is 0 Å². The Bertz CT molecular complexity index is 686. The molecule has 1 N–H and O–H groups in total. The maximum atomic E-state index is 13.4. The zero-order valence-corrected chi connectivity index (χ0v) is 11.7. The molecule has 4 heteroatoms. The van der Waals surface area contributed by atoms with Crippen molar-refractivity contribution in [3.8, 4) is 0 Å². The van der Waals surface area contributed by atoms with Crippen LogP contribution in [0.3, 0.4) is 0 Å². The van der Waals surface area contributed by atoms with Crippen molar-refractivity contribution in [2.45, 2.75) is 6.42 Å². The second-order valence-corrected chi connectivity index (χ2v) is 4.63. The number of hydrogen-bond acceptors (Lipinski definition) is 1. The Morgan fingerprint density at radius 2 is 1.55 bits per heavy atom. The Morgan fingerprint density at radius 1 is 1.00 bits per heavy atom. The van der Waals surface area contributed by atoms with E-state index in [1.54, 1.807) is 36.4 Å². The number of halogens is 2. The van der Waals surface area contributed by atoms with E-state index in [-0.39, 0.29) is 6.42 Å². The van der Waals surface area contributed by atoms with Gasteiger partial charge in [-0.3, -0.25) is 4.79 Å². The summed E-state index contributed by atoms with van der Waals surface area (Å²) >= 11 is 0. The van der Waals surface area contributed by atoms with Crippen LogP contribution in [-0.2, 0) is 4.79 Å². The maximum Gasteiger partial charge on any atom is 0.307 e. The molecule has 0 aromatic heterocycles. The Balaban J connectivity index is 2.43. The Kier molecular flexibility index (Phi) is 5.20. The minimum atomic E-state index is -0.942. The van der Waals surface area contributed by atoms with Crippen molar-refractivity contribution in [2.24, 2.45) is 0 Å². The summed E-state index contributed by atoms with van der Waals surface area (Å²) < 4.78 is 26.8. The molecule has 0 aliphatic carbocycles. The predicted octanol–water partition coefficient (Wildman–Crippen LogP) is 4.43. The van der Waals surface area contributed by atoms with Gasteiger partial charge in [-0.05, 0) is 41.0 Å². The van der Waals surface area contributed by atoms with Crippen molar-refractivity contribution in [1.29, 1.82) is 0 Å². The summed E-state index contributed by atoms with van der Waals surface area (Å²) in [7, 11) is 0. The topological polar surface area (TPSA) is 37.3 Å². The van der Waals surface area contributed by atoms with Gasteiger partial charge in [0.25, 0.3) is 0 Å². The lowest BCUT2D eigenvalue weighted by atomic mass is 9.97. The van der Waals surface area contributed by atoms with Crippen molar-refractivity contribution in [3.63, 3.8) is 0 Å². The highest BCUT2D eigenvalue weighted by atomic mass is 19.1. The summed E-state index contributed by atoms with van der Waals surface area (Å²) in [6.45, 7) is 0. The average Bonchev–Trinajstić information content (AvgIpc) is 2.47. The number of aliphatic carboxylic acids is 1. The third-order valence-corrected chi connectivity index (χ3v) is 2.96. The second-order valence-electron chi connectivity index (χ2n) is 4.63. The molecular formula is C18H14F2O2. The van der Waals surface area contributed by atoms with Crippen LogP contribution in [-0.4, -0.2) is 11.1 Å². The van der Waals surface area contributed by atoms with Crippen LogP contribution in [0.4, 0.5) is 8.78 Å². The van der Waals surface area contributed by atoms with Crippen molar-refractivity contribution < 1.29 is 18.7 Å². The minimum Gasteiger partial charge on any atom is -0.481 e. The molecule has 0 saturated carbocycles. The van der Waals surface area contributed by atoms with Gasteiger partial charge in [0.1, 0.15) is 11.6 Å². The van der Waals surface area contributed by atoms with Gasteiger partial charge in [-0.25, -0.2) is 8.78 Å². The first-order chi connectivity index (χ1) is 10.6. The van der Waals surface area contributed by atoms with Crippen LogP contribution in [0.25, 0.3) is 5.57 Å². The smallest absolute Gasteiger partial charge is 0.307 e. The molecule has 0 radical (unpaired) electrons. The summed E-state index contributed by atoms with van der Waals surface area (Å²) in [5, 5.41) is 8.61. The molecule has 0 amide bonds. The number of allylic oxidation sites excluding steroid dienone is 2. The first-order valence-electron chi connectivity index (χ1n) is 6.67. The monoisotopic (exact) mass is 300 g/mol. The van der Waals surface area contributed by atoms with Crippen molar-refractivity contribution >= 4 is 11.5 Å². The Labute approximate surface area is 127 Å². The first-order valence-corrected chi connectivity index (χ1v) is 6.67. The van der Waals surface area contributed by atoms with E-state index in [1.165, 1.54) is 30.3 Å². The van der Waals surface area contributed by atoms with Crippen molar-refractivity contribution in [2.75, 3.05) is 0 Å². The molecule has 0 aliphatic heterocycles. The molecule has 0 spiro atoms. The zero-order chi connectivity index (χ0) is 15.9. The molecule has 0 bridgehead atoms. The van der Waals surface area contributed by atoms with E-state index in [9.17, 15) is 13.6 Å². The van der Waals surface area contributed by atoms with Crippen LogP contribution in [0, 0.1) is 11.6 Å². The first kappa shape index (κ1) is 15.6. The third-order valence-electron chi connectivity index (χ3n) is 2.96. The molecule has 2 aromatic carbocycles. The summed E-state index contributed by atoms with van der Waals surface area (Å²) in [6, 6.07) is 11.9. The van der Waals surface area contributed by atoms with E-state index in [4.69, 9.17) is 5.11 Å². The molecule has 0 saturated heterocycles. The highest BCUT2D eigenvalue weighted by Gasteiger charge is 2.06. The second kappa shape index (κ2) is 7.31. The van der Waals surface area contributed by atoms with Crippen molar-refractivity contribution in [1.82, 2.24) is 0 Å². The van der Waals surface area contributed by atoms with Crippen LogP contribution < -0.4 is 0 Å². The summed E-state index contributed by atoms with van der Waals surface area (Å²) in [5.74, 6) is -1.73. The fourth-order valence-corrected chi connectivity index (χ4v) is 2.00. The quantitative estimate of drug-likeness (QED) is 0.830. The number of benzene rings is 2. The lowest BCUT2D eigenvalue weighted by Gasteiger charge is -2.08. The van der Waals surface area contributed by atoms with E-state index in [0.29, 0.717) is 16.7 Å².